The lowest BCUT2D eigenvalue weighted by molar-refractivity contribution is -0.140. The van der Waals surface area contributed by atoms with Gasteiger partial charge in [0, 0.05) is 18.2 Å². The van der Waals surface area contributed by atoms with Gasteiger partial charge < -0.3 is 9.64 Å². The summed E-state index contributed by atoms with van der Waals surface area (Å²) >= 11 is 0. The van der Waals surface area contributed by atoms with Crippen LogP contribution in [0.25, 0.3) is 0 Å². The number of carbonyl (C=O) groups excluding carboxylic acids is 2. The Kier molecular flexibility index (Phi) is 4.32. The van der Waals surface area contributed by atoms with E-state index in [0.717, 1.165) is 25.0 Å². The van der Waals surface area contributed by atoms with Crippen LogP contribution in [0.2, 0.25) is 0 Å². The standard InChI is InChI=1S/C14H15F2NO3/c1-20-13(18)6-7-17(10-3-4-10)14(19)9-2-5-11(15)12(16)8-9/h2,5,8,10H,3-4,6-7H2,1H3. The lowest BCUT2D eigenvalue weighted by atomic mass is 10.1. The molecule has 108 valence electrons. The minimum absolute atomic E-state index is 0.0697. The Morgan fingerprint density at radius 3 is 2.55 bits per heavy atom. The zero-order chi connectivity index (χ0) is 14.7. The first-order chi connectivity index (χ1) is 9.52. The van der Waals surface area contributed by atoms with Gasteiger partial charge in [-0.1, -0.05) is 0 Å². The Bertz CT molecular complexity index is 529. The van der Waals surface area contributed by atoms with Crippen LogP contribution in [-0.2, 0) is 9.53 Å². The largest absolute Gasteiger partial charge is 0.469 e. The maximum Gasteiger partial charge on any atom is 0.307 e. The molecule has 0 saturated heterocycles. The van der Waals surface area contributed by atoms with Gasteiger partial charge in [-0.05, 0) is 31.0 Å². The molecule has 0 N–H and O–H groups in total. The number of hydrogen-bond donors (Lipinski definition) is 0. The molecule has 1 aromatic rings. The molecule has 0 unspecified atom stereocenters. The summed E-state index contributed by atoms with van der Waals surface area (Å²) in [6, 6.07) is 3.12. The molecule has 0 radical (unpaired) electrons. The van der Waals surface area contributed by atoms with Gasteiger partial charge in [0.2, 0.25) is 0 Å². The lowest BCUT2D eigenvalue weighted by Crippen LogP contribution is -2.35. The molecule has 6 heteroatoms. The molecule has 1 aromatic carbocycles. The highest BCUT2D eigenvalue weighted by atomic mass is 19.2. The van der Waals surface area contributed by atoms with Crippen molar-refractivity contribution in [1.82, 2.24) is 4.90 Å². The molecule has 2 rings (SSSR count). The molecular weight excluding hydrogens is 268 g/mol. The molecule has 4 nitrogen and oxygen atoms in total. The molecule has 1 aliphatic rings. The monoisotopic (exact) mass is 283 g/mol. The summed E-state index contributed by atoms with van der Waals surface area (Å²) < 4.78 is 30.6. The van der Waals surface area contributed by atoms with Crippen molar-refractivity contribution in [2.24, 2.45) is 0 Å². The van der Waals surface area contributed by atoms with Gasteiger partial charge in [-0.3, -0.25) is 9.59 Å². The average molecular weight is 283 g/mol. The highest BCUT2D eigenvalue weighted by Crippen LogP contribution is 2.28. The van der Waals surface area contributed by atoms with E-state index in [0.29, 0.717) is 0 Å². The number of ether oxygens (including phenoxy) is 1. The Morgan fingerprint density at radius 2 is 2.00 bits per heavy atom. The van der Waals surface area contributed by atoms with E-state index in [4.69, 9.17) is 0 Å². The predicted molar refractivity (Wildman–Crippen MR) is 67.0 cm³/mol. The van der Waals surface area contributed by atoms with Gasteiger partial charge in [0.25, 0.3) is 5.91 Å². The van der Waals surface area contributed by atoms with Crippen LogP contribution in [-0.4, -0.2) is 36.5 Å². The molecule has 0 spiro atoms. The van der Waals surface area contributed by atoms with Gasteiger partial charge in [-0.15, -0.1) is 0 Å². The van der Waals surface area contributed by atoms with Crippen LogP contribution >= 0.6 is 0 Å². The maximum absolute atomic E-state index is 13.2. The van der Waals surface area contributed by atoms with Crippen molar-refractivity contribution >= 4 is 11.9 Å². The zero-order valence-corrected chi connectivity index (χ0v) is 11.1. The first-order valence-corrected chi connectivity index (χ1v) is 6.35. The fourth-order valence-electron chi connectivity index (χ4n) is 1.94. The fourth-order valence-corrected chi connectivity index (χ4v) is 1.94. The third kappa shape index (κ3) is 3.31. The second-order valence-corrected chi connectivity index (χ2v) is 4.68. The van der Waals surface area contributed by atoms with Gasteiger partial charge in [0.1, 0.15) is 0 Å². The molecule has 0 aliphatic heterocycles. The number of halogens is 2. The van der Waals surface area contributed by atoms with E-state index in [1.807, 2.05) is 0 Å². The quantitative estimate of drug-likeness (QED) is 0.778. The summed E-state index contributed by atoms with van der Waals surface area (Å²) in [5.74, 6) is -2.85. The SMILES string of the molecule is COC(=O)CCN(C(=O)c1ccc(F)c(F)c1)C1CC1. The van der Waals surface area contributed by atoms with Crippen molar-refractivity contribution in [3.05, 3.63) is 35.4 Å². The first kappa shape index (κ1) is 14.4. The number of carbonyl (C=O) groups is 2. The normalized spacial score (nSPS) is 13.9. The van der Waals surface area contributed by atoms with Crippen LogP contribution in [0.4, 0.5) is 8.78 Å². The van der Waals surface area contributed by atoms with Crippen LogP contribution in [0, 0.1) is 11.6 Å². The molecule has 0 bridgehead atoms. The van der Waals surface area contributed by atoms with Gasteiger partial charge in [-0.2, -0.15) is 0 Å². The Labute approximate surface area is 115 Å². The third-order valence-electron chi connectivity index (χ3n) is 3.20. The Hall–Kier alpha value is -1.98. The molecule has 0 atom stereocenters. The number of esters is 1. The molecule has 1 fully saturated rings. The van der Waals surface area contributed by atoms with E-state index in [9.17, 15) is 18.4 Å². The summed E-state index contributed by atoms with van der Waals surface area (Å²) in [6.45, 7) is 0.217. The highest BCUT2D eigenvalue weighted by molar-refractivity contribution is 5.94. The van der Waals surface area contributed by atoms with Crippen LogP contribution < -0.4 is 0 Å². The second kappa shape index (κ2) is 5.98. The van der Waals surface area contributed by atoms with E-state index in [1.54, 1.807) is 0 Å². The zero-order valence-electron chi connectivity index (χ0n) is 11.1. The van der Waals surface area contributed by atoms with E-state index in [2.05, 4.69) is 4.74 Å². The topological polar surface area (TPSA) is 46.6 Å². The van der Waals surface area contributed by atoms with E-state index >= 15 is 0 Å². The molecule has 0 heterocycles. The van der Waals surface area contributed by atoms with Crippen molar-refractivity contribution in [3.63, 3.8) is 0 Å². The van der Waals surface area contributed by atoms with Crippen molar-refractivity contribution in [1.29, 1.82) is 0 Å². The first-order valence-electron chi connectivity index (χ1n) is 6.35. The molecule has 1 saturated carbocycles. The molecule has 1 aliphatic carbocycles. The predicted octanol–water partition coefficient (Wildman–Crippen LogP) is 2.13. The molecule has 1 amide bonds. The number of rotatable bonds is 5. The summed E-state index contributed by atoms with van der Waals surface area (Å²) in [6.07, 6.45) is 1.80. The van der Waals surface area contributed by atoms with Crippen molar-refractivity contribution in [2.75, 3.05) is 13.7 Å². The van der Waals surface area contributed by atoms with Gasteiger partial charge in [0.15, 0.2) is 11.6 Å². The molecular formula is C14H15F2NO3. The average Bonchev–Trinajstić information content (AvgIpc) is 3.26. The lowest BCUT2D eigenvalue weighted by Gasteiger charge is -2.22. The summed E-state index contributed by atoms with van der Waals surface area (Å²) in [5.41, 5.74) is 0.0839. The van der Waals surface area contributed by atoms with Crippen molar-refractivity contribution in [3.8, 4) is 0 Å². The van der Waals surface area contributed by atoms with Crippen LogP contribution in [0.15, 0.2) is 18.2 Å². The van der Waals surface area contributed by atoms with E-state index in [-0.39, 0.29) is 24.6 Å². The fraction of sp³-hybridized carbons (Fsp3) is 0.429. The van der Waals surface area contributed by atoms with Crippen LogP contribution in [0.1, 0.15) is 29.6 Å². The number of hydrogen-bond acceptors (Lipinski definition) is 3. The van der Waals surface area contributed by atoms with Crippen LogP contribution in [0.3, 0.4) is 0 Å². The van der Waals surface area contributed by atoms with Gasteiger partial charge >= 0.3 is 5.97 Å². The van der Waals surface area contributed by atoms with Crippen molar-refractivity contribution in [2.45, 2.75) is 25.3 Å². The van der Waals surface area contributed by atoms with Crippen LogP contribution in [0.5, 0.6) is 0 Å². The molecule has 20 heavy (non-hydrogen) atoms. The van der Waals surface area contributed by atoms with E-state index < -0.39 is 23.5 Å². The van der Waals surface area contributed by atoms with Gasteiger partial charge in [0.05, 0.1) is 13.5 Å². The minimum Gasteiger partial charge on any atom is -0.469 e. The van der Waals surface area contributed by atoms with E-state index in [1.165, 1.54) is 18.1 Å². The highest BCUT2D eigenvalue weighted by Gasteiger charge is 2.33. The number of amides is 1. The second-order valence-electron chi connectivity index (χ2n) is 4.68. The number of methoxy groups -OCH3 is 1. The van der Waals surface area contributed by atoms with Gasteiger partial charge in [-0.25, -0.2) is 8.78 Å². The Morgan fingerprint density at radius 1 is 1.30 bits per heavy atom. The minimum atomic E-state index is -1.06. The summed E-state index contributed by atoms with van der Waals surface area (Å²) in [7, 11) is 1.28. The third-order valence-corrected chi connectivity index (χ3v) is 3.20. The number of nitrogens with zero attached hydrogens (tertiary/aromatic N) is 1. The maximum atomic E-state index is 13.2. The Balaban J connectivity index is 2.10. The summed E-state index contributed by atoms with van der Waals surface area (Å²) in [4.78, 5) is 24.9. The number of benzene rings is 1. The molecule has 0 aromatic heterocycles. The summed E-state index contributed by atoms with van der Waals surface area (Å²) in [5, 5.41) is 0. The van der Waals surface area contributed by atoms with Crippen molar-refractivity contribution < 1.29 is 23.1 Å². The smallest absolute Gasteiger partial charge is 0.307 e.